The lowest BCUT2D eigenvalue weighted by Crippen LogP contribution is -2.15. The Morgan fingerprint density at radius 1 is 0.450 bits per heavy atom. The number of aryl methyl sites for hydroxylation is 2. The summed E-state index contributed by atoms with van der Waals surface area (Å²) >= 11 is 0. The molecule has 5 aromatic carbocycles. The molecule has 0 atom stereocenters. The van der Waals surface area contributed by atoms with Crippen LogP contribution in [0.25, 0.3) is 43.1 Å². The minimum Gasteiger partial charge on any atom is -0.496 e. The molecule has 5 aromatic rings. The second-order valence-electron chi connectivity index (χ2n) is 9.74. The summed E-state index contributed by atoms with van der Waals surface area (Å²) in [5, 5.41) is 5.08. The number of hydrogen-bond donors (Lipinski definition) is 0. The summed E-state index contributed by atoms with van der Waals surface area (Å²) in [5.41, 5.74) is 1.01. The number of methoxy groups -OCH3 is 6. The Balaban J connectivity index is 2.39. The van der Waals surface area contributed by atoms with Gasteiger partial charge in [0, 0.05) is 44.8 Å². The molecule has 0 saturated heterocycles. The van der Waals surface area contributed by atoms with Gasteiger partial charge in [-0.2, -0.15) is 0 Å². The largest absolute Gasteiger partial charge is 0.496 e. The van der Waals surface area contributed by atoms with Crippen LogP contribution in [0.2, 0.25) is 0 Å². The van der Waals surface area contributed by atoms with Crippen molar-refractivity contribution in [2.45, 2.75) is 39.5 Å². The maximum Gasteiger partial charge on any atom is 0.232 e. The highest BCUT2D eigenvalue weighted by Crippen LogP contribution is 2.53. The molecule has 0 fully saturated rings. The van der Waals surface area contributed by atoms with Crippen LogP contribution in [0.3, 0.4) is 0 Å². The molecule has 0 spiro atoms. The molecule has 0 unspecified atom stereocenters. The predicted octanol–water partition coefficient (Wildman–Crippen LogP) is 5.85. The summed E-state index contributed by atoms with van der Waals surface area (Å²) in [6.07, 6.45) is 2.69. The fraction of sp³-hybridized carbons (Fsp3) is 0.375. The van der Waals surface area contributed by atoms with Gasteiger partial charge in [0.25, 0.3) is 0 Å². The Morgan fingerprint density at radius 2 is 0.775 bits per heavy atom. The van der Waals surface area contributed by atoms with Crippen LogP contribution in [0.1, 0.15) is 37.8 Å². The van der Waals surface area contributed by atoms with E-state index in [-0.39, 0.29) is 22.4 Å². The van der Waals surface area contributed by atoms with Gasteiger partial charge in [0.1, 0.15) is 23.0 Å². The molecule has 0 saturated carbocycles. The third-order valence-electron chi connectivity index (χ3n) is 7.82. The van der Waals surface area contributed by atoms with Gasteiger partial charge in [-0.05, 0) is 23.6 Å². The Hall–Kier alpha value is -4.20. The van der Waals surface area contributed by atoms with Gasteiger partial charge < -0.3 is 28.4 Å². The number of fused-ring (bicyclic) bond motifs is 2. The molecule has 0 heterocycles. The van der Waals surface area contributed by atoms with E-state index in [9.17, 15) is 9.59 Å². The Kier molecular flexibility index (Phi) is 7.12. The molecule has 0 radical (unpaired) electrons. The summed E-state index contributed by atoms with van der Waals surface area (Å²) < 4.78 is 35.0. The van der Waals surface area contributed by atoms with Crippen molar-refractivity contribution in [2.24, 2.45) is 0 Å². The molecular formula is C32H34O8. The lowest BCUT2D eigenvalue weighted by molar-refractivity contribution is 0.396. The average molecular weight is 547 g/mol. The van der Waals surface area contributed by atoms with Gasteiger partial charge in [0.2, 0.25) is 10.9 Å². The number of benzene rings is 5. The SMILES string of the molecule is CCCc1c(OC)c(=O)c2c(OC)cc(OC)c3c4c(OC)cc(OC)c5c(=O)c(OC)c(CCC)c(c1c23)c54. The zero-order valence-electron chi connectivity index (χ0n) is 24.2. The molecular weight excluding hydrogens is 512 g/mol. The van der Waals surface area contributed by atoms with Crippen molar-refractivity contribution in [3.05, 3.63) is 43.7 Å². The third-order valence-corrected chi connectivity index (χ3v) is 7.82. The fourth-order valence-electron chi connectivity index (χ4n) is 6.35. The highest BCUT2D eigenvalue weighted by atomic mass is 16.5. The highest BCUT2D eigenvalue weighted by molar-refractivity contribution is 6.38. The van der Waals surface area contributed by atoms with E-state index in [0.29, 0.717) is 68.2 Å². The second kappa shape index (κ2) is 10.4. The summed E-state index contributed by atoms with van der Waals surface area (Å²) in [4.78, 5) is 28.2. The van der Waals surface area contributed by atoms with E-state index in [2.05, 4.69) is 13.8 Å². The molecule has 0 aliphatic carbocycles. The van der Waals surface area contributed by atoms with Crippen LogP contribution in [-0.2, 0) is 12.8 Å². The van der Waals surface area contributed by atoms with E-state index in [0.717, 1.165) is 34.7 Å². The van der Waals surface area contributed by atoms with Gasteiger partial charge in [-0.25, -0.2) is 0 Å². The molecule has 0 aromatic heterocycles. The smallest absolute Gasteiger partial charge is 0.232 e. The topological polar surface area (TPSA) is 89.5 Å². The van der Waals surface area contributed by atoms with Crippen LogP contribution in [0, 0.1) is 0 Å². The normalized spacial score (nSPS) is 11.6. The first-order valence-electron chi connectivity index (χ1n) is 13.4. The zero-order valence-corrected chi connectivity index (χ0v) is 24.2. The van der Waals surface area contributed by atoms with E-state index in [1.807, 2.05) is 0 Å². The molecule has 8 heteroatoms. The van der Waals surface area contributed by atoms with Gasteiger partial charge >= 0.3 is 0 Å². The number of rotatable bonds is 10. The lowest BCUT2D eigenvalue weighted by atomic mass is 9.82. The summed E-state index contributed by atoms with van der Waals surface area (Å²) in [6.45, 7) is 4.11. The van der Waals surface area contributed by atoms with E-state index < -0.39 is 0 Å². The first kappa shape index (κ1) is 27.4. The molecule has 210 valence electrons. The monoisotopic (exact) mass is 546 g/mol. The van der Waals surface area contributed by atoms with Crippen molar-refractivity contribution in [3.8, 4) is 34.5 Å². The highest BCUT2D eigenvalue weighted by Gasteiger charge is 2.32. The minimum atomic E-state index is -0.262. The first-order chi connectivity index (χ1) is 19.4. The summed E-state index contributed by atoms with van der Waals surface area (Å²) in [6, 6.07) is 3.41. The van der Waals surface area contributed by atoms with Crippen molar-refractivity contribution < 1.29 is 28.4 Å². The van der Waals surface area contributed by atoms with E-state index in [1.165, 1.54) is 28.4 Å². The number of hydrogen-bond acceptors (Lipinski definition) is 8. The van der Waals surface area contributed by atoms with Crippen LogP contribution in [0.5, 0.6) is 34.5 Å². The summed E-state index contributed by atoms with van der Waals surface area (Å²) in [5.74, 6) is 2.26. The van der Waals surface area contributed by atoms with Crippen LogP contribution < -0.4 is 39.3 Å². The van der Waals surface area contributed by atoms with Gasteiger partial charge in [0.15, 0.2) is 11.5 Å². The quantitative estimate of drug-likeness (QED) is 0.159. The van der Waals surface area contributed by atoms with Crippen LogP contribution in [-0.4, -0.2) is 42.7 Å². The number of ether oxygens (including phenoxy) is 6. The van der Waals surface area contributed by atoms with Crippen LogP contribution >= 0.6 is 0 Å². The minimum absolute atomic E-state index is 0.262. The predicted molar refractivity (Wildman–Crippen MR) is 159 cm³/mol. The Labute approximate surface area is 232 Å². The van der Waals surface area contributed by atoms with Gasteiger partial charge in [-0.1, -0.05) is 26.7 Å². The van der Waals surface area contributed by atoms with Crippen molar-refractivity contribution in [1.82, 2.24) is 0 Å². The first-order valence-corrected chi connectivity index (χ1v) is 13.4. The maximum absolute atomic E-state index is 14.1. The van der Waals surface area contributed by atoms with Crippen LogP contribution in [0.15, 0.2) is 21.7 Å². The molecule has 0 N–H and O–H groups in total. The average Bonchev–Trinajstić information content (AvgIpc) is 2.97. The molecule has 8 nitrogen and oxygen atoms in total. The van der Waals surface area contributed by atoms with E-state index in [1.54, 1.807) is 26.4 Å². The molecule has 0 amide bonds. The molecule has 0 aliphatic rings. The lowest BCUT2D eigenvalue weighted by Gasteiger charge is -2.25. The van der Waals surface area contributed by atoms with Crippen molar-refractivity contribution in [2.75, 3.05) is 42.7 Å². The standard InChI is InChI=1S/C32H34O8/c1-9-11-15-21-22-16(12-10-2)32(40-8)30(34)26-20(38-6)14-18(36-4)24(28(22)26)23-17(35-3)13-19(37-5)25(27(21)23)29(33)31(15)39-7/h13-14H,9-12H2,1-8H3. The van der Waals surface area contributed by atoms with Crippen molar-refractivity contribution in [1.29, 1.82) is 0 Å². The maximum atomic E-state index is 14.1. The summed E-state index contributed by atoms with van der Waals surface area (Å²) in [7, 11) is 9.23. The van der Waals surface area contributed by atoms with E-state index >= 15 is 0 Å². The third kappa shape index (κ3) is 3.51. The second-order valence-corrected chi connectivity index (χ2v) is 9.74. The van der Waals surface area contributed by atoms with Gasteiger partial charge in [0.05, 0.1) is 53.4 Å². The zero-order chi connectivity index (χ0) is 28.9. The fourth-order valence-corrected chi connectivity index (χ4v) is 6.35. The van der Waals surface area contributed by atoms with Crippen molar-refractivity contribution in [3.63, 3.8) is 0 Å². The van der Waals surface area contributed by atoms with Gasteiger partial charge in [-0.3, -0.25) is 9.59 Å². The molecule has 40 heavy (non-hydrogen) atoms. The van der Waals surface area contributed by atoms with Crippen molar-refractivity contribution >= 4 is 43.1 Å². The van der Waals surface area contributed by atoms with Gasteiger partial charge in [-0.15, -0.1) is 0 Å². The van der Waals surface area contributed by atoms with Crippen LogP contribution in [0.4, 0.5) is 0 Å². The van der Waals surface area contributed by atoms with E-state index in [4.69, 9.17) is 28.4 Å². The Morgan fingerprint density at radius 3 is 1.05 bits per heavy atom. The Bertz CT molecular complexity index is 1740. The molecule has 0 bridgehead atoms. The molecule has 5 rings (SSSR count). The molecule has 0 aliphatic heterocycles.